The van der Waals surface area contributed by atoms with Gasteiger partial charge in [0.15, 0.2) is 0 Å². The van der Waals surface area contributed by atoms with Crippen LogP contribution in [0.25, 0.3) is 0 Å². The smallest absolute Gasteiger partial charge is 0.251 e. The first-order chi connectivity index (χ1) is 16.4. The molecule has 34 heavy (non-hydrogen) atoms. The molecular formula is C27H31N3O4. The third kappa shape index (κ3) is 4.79. The SMILES string of the molecule is COc1ccc(C)cc1N1CC(C(=O)N(Cc2ccc(C(=O)NC3CC3)cc2)C2CC2)CC1=O. The van der Waals surface area contributed by atoms with E-state index in [-0.39, 0.29) is 36.1 Å². The van der Waals surface area contributed by atoms with Gasteiger partial charge in [0, 0.05) is 37.2 Å². The first kappa shape index (κ1) is 22.4. The topological polar surface area (TPSA) is 79.0 Å². The molecular weight excluding hydrogens is 430 g/mol. The molecule has 2 aromatic rings. The summed E-state index contributed by atoms with van der Waals surface area (Å²) >= 11 is 0. The zero-order valence-corrected chi connectivity index (χ0v) is 19.8. The molecule has 0 spiro atoms. The van der Waals surface area contributed by atoms with Crippen molar-refractivity contribution in [2.75, 3.05) is 18.6 Å². The van der Waals surface area contributed by atoms with E-state index in [4.69, 9.17) is 4.74 Å². The van der Waals surface area contributed by atoms with Crippen LogP contribution in [0.15, 0.2) is 42.5 Å². The molecule has 0 bridgehead atoms. The van der Waals surface area contributed by atoms with Gasteiger partial charge in [-0.05, 0) is 68.0 Å². The van der Waals surface area contributed by atoms with Gasteiger partial charge in [-0.15, -0.1) is 0 Å². The molecule has 1 N–H and O–H groups in total. The highest BCUT2D eigenvalue weighted by Gasteiger charge is 2.42. The lowest BCUT2D eigenvalue weighted by Crippen LogP contribution is -2.38. The Morgan fingerprint density at radius 1 is 1.09 bits per heavy atom. The maximum atomic E-state index is 13.5. The fourth-order valence-electron chi connectivity index (χ4n) is 4.58. The molecule has 2 aromatic carbocycles. The highest BCUT2D eigenvalue weighted by atomic mass is 16.5. The van der Waals surface area contributed by atoms with Gasteiger partial charge in [0.05, 0.1) is 18.7 Å². The van der Waals surface area contributed by atoms with E-state index in [0.717, 1.165) is 42.5 Å². The molecule has 3 fully saturated rings. The normalized spacial score (nSPS) is 19.8. The average molecular weight is 462 g/mol. The van der Waals surface area contributed by atoms with Crippen LogP contribution in [0, 0.1) is 12.8 Å². The molecule has 0 radical (unpaired) electrons. The van der Waals surface area contributed by atoms with Crippen LogP contribution in [-0.4, -0.2) is 48.4 Å². The van der Waals surface area contributed by atoms with Crippen molar-refractivity contribution < 1.29 is 19.1 Å². The van der Waals surface area contributed by atoms with Gasteiger partial charge < -0.3 is 19.9 Å². The second kappa shape index (κ2) is 9.12. The summed E-state index contributed by atoms with van der Waals surface area (Å²) in [5, 5.41) is 3.00. The number of amides is 3. The van der Waals surface area contributed by atoms with Crippen LogP contribution < -0.4 is 15.0 Å². The molecule has 1 saturated heterocycles. The summed E-state index contributed by atoms with van der Waals surface area (Å²) in [5.74, 6) is 0.198. The summed E-state index contributed by atoms with van der Waals surface area (Å²) in [6, 6.07) is 13.8. The van der Waals surface area contributed by atoms with Gasteiger partial charge in [-0.25, -0.2) is 0 Å². The first-order valence-electron chi connectivity index (χ1n) is 12.1. The molecule has 7 heteroatoms. The van der Waals surface area contributed by atoms with Crippen LogP contribution in [0.2, 0.25) is 0 Å². The molecule has 1 aliphatic heterocycles. The fourth-order valence-corrected chi connectivity index (χ4v) is 4.58. The molecule has 1 atom stereocenters. The van der Waals surface area contributed by atoms with E-state index in [2.05, 4.69) is 5.32 Å². The Morgan fingerprint density at radius 2 is 1.82 bits per heavy atom. The van der Waals surface area contributed by atoms with E-state index in [1.165, 1.54) is 0 Å². The molecule has 2 saturated carbocycles. The van der Waals surface area contributed by atoms with Crippen molar-refractivity contribution in [3.05, 3.63) is 59.2 Å². The van der Waals surface area contributed by atoms with Crippen molar-refractivity contribution in [1.82, 2.24) is 10.2 Å². The monoisotopic (exact) mass is 461 g/mol. The van der Waals surface area contributed by atoms with Crippen molar-refractivity contribution in [1.29, 1.82) is 0 Å². The van der Waals surface area contributed by atoms with Crippen molar-refractivity contribution in [3.63, 3.8) is 0 Å². The van der Waals surface area contributed by atoms with Crippen LogP contribution in [0.1, 0.15) is 53.6 Å². The highest BCUT2D eigenvalue weighted by molar-refractivity contribution is 6.01. The van der Waals surface area contributed by atoms with E-state index in [1.54, 1.807) is 12.0 Å². The number of methoxy groups -OCH3 is 1. The summed E-state index contributed by atoms with van der Waals surface area (Å²) < 4.78 is 5.46. The second-order valence-corrected chi connectivity index (χ2v) is 9.72. The third-order valence-electron chi connectivity index (χ3n) is 6.85. The van der Waals surface area contributed by atoms with Crippen molar-refractivity contribution >= 4 is 23.4 Å². The number of carbonyl (C=O) groups is 3. The van der Waals surface area contributed by atoms with Gasteiger partial charge in [0.1, 0.15) is 5.75 Å². The van der Waals surface area contributed by atoms with E-state index >= 15 is 0 Å². The number of carbonyl (C=O) groups excluding carboxylic acids is 3. The molecule has 178 valence electrons. The Bertz CT molecular complexity index is 1110. The fraction of sp³-hybridized carbons (Fsp3) is 0.444. The minimum atomic E-state index is -0.373. The zero-order chi connectivity index (χ0) is 23.8. The first-order valence-corrected chi connectivity index (χ1v) is 12.1. The number of nitrogens with zero attached hydrogens (tertiary/aromatic N) is 2. The Balaban J connectivity index is 1.27. The largest absolute Gasteiger partial charge is 0.495 e. The third-order valence-corrected chi connectivity index (χ3v) is 6.85. The van der Waals surface area contributed by atoms with Crippen molar-refractivity contribution in [3.8, 4) is 5.75 Å². The predicted octanol–water partition coefficient (Wildman–Crippen LogP) is 3.44. The number of ether oxygens (including phenoxy) is 1. The molecule has 1 unspecified atom stereocenters. The molecule has 7 nitrogen and oxygen atoms in total. The minimum Gasteiger partial charge on any atom is -0.495 e. The van der Waals surface area contributed by atoms with Crippen LogP contribution >= 0.6 is 0 Å². The standard InChI is InChI=1S/C27H31N3O4/c1-17-3-12-24(34-2)23(13-17)30-16-20(14-25(30)31)27(33)29(22-10-11-22)15-18-4-6-19(7-5-18)26(32)28-21-8-9-21/h3-7,12-13,20-22H,8-11,14-16H2,1-2H3,(H,28,32). The molecule has 3 amide bonds. The maximum Gasteiger partial charge on any atom is 0.251 e. The summed E-state index contributed by atoms with van der Waals surface area (Å²) in [5.41, 5.74) is 3.39. The quantitative estimate of drug-likeness (QED) is 0.653. The zero-order valence-electron chi connectivity index (χ0n) is 19.8. The summed E-state index contributed by atoms with van der Waals surface area (Å²) in [7, 11) is 1.59. The van der Waals surface area contributed by atoms with Crippen LogP contribution in [0.4, 0.5) is 5.69 Å². The summed E-state index contributed by atoms with van der Waals surface area (Å²) in [6.07, 6.45) is 4.30. The molecule has 5 rings (SSSR count). The Kier molecular flexibility index (Phi) is 6.02. The number of hydrogen-bond acceptors (Lipinski definition) is 4. The van der Waals surface area contributed by atoms with Crippen LogP contribution in [0.5, 0.6) is 5.75 Å². The second-order valence-electron chi connectivity index (χ2n) is 9.72. The van der Waals surface area contributed by atoms with Gasteiger partial charge in [0.25, 0.3) is 5.91 Å². The lowest BCUT2D eigenvalue weighted by atomic mass is 10.1. The van der Waals surface area contributed by atoms with Crippen LogP contribution in [0.3, 0.4) is 0 Å². The van der Waals surface area contributed by atoms with Crippen LogP contribution in [-0.2, 0) is 16.1 Å². The maximum absolute atomic E-state index is 13.5. The summed E-state index contributed by atoms with van der Waals surface area (Å²) in [4.78, 5) is 42.3. The molecule has 1 heterocycles. The van der Waals surface area contributed by atoms with Gasteiger partial charge in [-0.3, -0.25) is 14.4 Å². The molecule has 3 aliphatic rings. The number of nitrogens with one attached hydrogen (secondary N) is 1. The van der Waals surface area contributed by atoms with Gasteiger partial charge in [0.2, 0.25) is 11.8 Å². The number of aryl methyl sites for hydroxylation is 1. The molecule has 2 aliphatic carbocycles. The van der Waals surface area contributed by atoms with E-state index in [9.17, 15) is 14.4 Å². The van der Waals surface area contributed by atoms with Gasteiger partial charge >= 0.3 is 0 Å². The average Bonchev–Trinajstić information content (AvgIpc) is 3.77. The van der Waals surface area contributed by atoms with E-state index in [1.807, 2.05) is 54.3 Å². The minimum absolute atomic E-state index is 0.0283. The van der Waals surface area contributed by atoms with Crippen molar-refractivity contribution in [2.45, 2.75) is 57.7 Å². The Morgan fingerprint density at radius 3 is 2.47 bits per heavy atom. The highest BCUT2D eigenvalue weighted by Crippen LogP contribution is 2.36. The van der Waals surface area contributed by atoms with E-state index < -0.39 is 0 Å². The van der Waals surface area contributed by atoms with Gasteiger partial charge in [-0.1, -0.05) is 18.2 Å². The number of hydrogen-bond donors (Lipinski definition) is 1. The Hall–Kier alpha value is -3.35. The van der Waals surface area contributed by atoms with E-state index in [0.29, 0.717) is 30.4 Å². The van der Waals surface area contributed by atoms with Crippen molar-refractivity contribution in [2.24, 2.45) is 5.92 Å². The molecule has 0 aromatic heterocycles. The number of benzene rings is 2. The number of anilines is 1. The summed E-state index contributed by atoms with van der Waals surface area (Å²) in [6.45, 7) is 2.83. The lowest BCUT2D eigenvalue weighted by molar-refractivity contribution is -0.137. The van der Waals surface area contributed by atoms with Gasteiger partial charge in [-0.2, -0.15) is 0 Å². The lowest BCUT2D eigenvalue weighted by Gasteiger charge is -2.26. The Labute approximate surface area is 200 Å². The number of rotatable bonds is 8. The predicted molar refractivity (Wildman–Crippen MR) is 129 cm³/mol.